The van der Waals surface area contributed by atoms with Crippen molar-refractivity contribution in [3.05, 3.63) is 70.5 Å². The van der Waals surface area contributed by atoms with Crippen molar-refractivity contribution in [3.8, 4) is 0 Å². The van der Waals surface area contributed by atoms with E-state index in [1.165, 1.54) is 23.3 Å². The fourth-order valence-electron chi connectivity index (χ4n) is 2.28. The summed E-state index contributed by atoms with van der Waals surface area (Å²) in [6, 6.07) is 12.7. The Bertz CT molecular complexity index is 563. The van der Waals surface area contributed by atoms with Crippen LogP contribution in [0.1, 0.15) is 22.3 Å². The van der Waals surface area contributed by atoms with E-state index in [2.05, 4.69) is 18.2 Å². The predicted molar refractivity (Wildman–Crippen MR) is 75.7 cm³/mol. The molecule has 0 heterocycles. The molecule has 2 aromatic rings. The molecule has 2 rings (SSSR count). The molecule has 1 nitrogen and oxygen atoms in total. The molecule has 0 aliphatic carbocycles. The Morgan fingerprint density at radius 3 is 2.58 bits per heavy atom. The highest BCUT2D eigenvalue weighted by Crippen LogP contribution is 2.15. The Hall–Kier alpha value is -1.67. The van der Waals surface area contributed by atoms with Crippen molar-refractivity contribution in [2.24, 2.45) is 0 Å². The summed E-state index contributed by atoms with van der Waals surface area (Å²) in [5.41, 5.74) is 4.36. The van der Waals surface area contributed by atoms with Crippen LogP contribution in [0.4, 0.5) is 4.39 Å². The molecule has 2 aromatic carbocycles. The van der Waals surface area contributed by atoms with Crippen LogP contribution < -0.4 is 0 Å². The molecule has 1 atom stereocenters. The van der Waals surface area contributed by atoms with Crippen LogP contribution in [0.15, 0.2) is 42.5 Å². The van der Waals surface area contributed by atoms with Crippen LogP contribution in [-0.4, -0.2) is 11.2 Å². The maximum atomic E-state index is 13.1. The van der Waals surface area contributed by atoms with Gasteiger partial charge in [0.15, 0.2) is 0 Å². The monoisotopic (exact) mass is 258 g/mol. The van der Waals surface area contributed by atoms with Gasteiger partial charge in [0.25, 0.3) is 0 Å². The average Bonchev–Trinajstić information content (AvgIpc) is 2.34. The maximum absolute atomic E-state index is 13.1. The SMILES string of the molecule is Cc1ccc(C)c(CC(O)Cc2cccc(F)c2)c1. The second kappa shape index (κ2) is 5.98. The van der Waals surface area contributed by atoms with Crippen molar-refractivity contribution in [1.82, 2.24) is 0 Å². The van der Waals surface area contributed by atoms with E-state index in [-0.39, 0.29) is 5.82 Å². The highest BCUT2D eigenvalue weighted by Gasteiger charge is 2.09. The van der Waals surface area contributed by atoms with Crippen LogP contribution in [0.25, 0.3) is 0 Å². The Morgan fingerprint density at radius 1 is 1.05 bits per heavy atom. The summed E-state index contributed by atoms with van der Waals surface area (Å²) in [7, 11) is 0. The van der Waals surface area contributed by atoms with Gasteiger partial charge in [-0.1, -0.05) is 35.9 Å². The molecule has 0 fully saturated rings. The van der Waals surface area contributed by atoms with Gasteiger partial charge in [-0.05, 0) is 55.5 Å². The molecule has 0 saturated heterocycles. The zero-order valence-corrected chi connectivity index (χ0v) is 11.4. The third-order valence-electron chi connectivity index (χ3n) is 3.32. The van der Waals surface area contributed by atoms with Gasteiger partial charge in [-0.2, -0.15) is 0 Å². The topological polar surface area (TPSA) is 20.2 Å². The van der Waals surface area contributed by atoms with Crippen molar-refractivity contribution in [2.75, 3.05) is 0 Å². The van der Waals surface area contributed by atoms with E-state index >= 15 is 0 Å². The normalized spacial score (nSPS) is 12.4. The Balaban J connectivity index is 2.05. The minimum Gasteiger partial charge on any atom is -0.392 e. The number of rotatable bonds is 4. The van der Waals surface area contributed by atoms with Crippen LogP contribution in [-0.2, 0) is 12.8 Å². The molecular formula is C17H19FO. The molecule has 1 N–H and O–H groups in total. The molecule has 0 radical (unpaired) electrons. The number of aliphatic hydroxyl groups excluding tert-OH is 1. The second-order valence-electron chi connectivity index (χ2n) is 5.12. The predicted octanol–water partition coefficient (Wildman–Crippen LogP) is 3.59. The zero-order chi connectivity index (χ0) is 13.8. The second-order valence-corrected chi connectivity index (χ2v) is 5.12. The van der Waals surface area contributed by atoms with E-state index < -0.39 is 6.10 Å². The van der Waals surface area contributed by atoms with Gasteiger partial charge in [-0.15, -0.1) is 0 Å². The third-order valence-corrected chi connectivity index (χ3v) is 3.32. The van der Waals surface area contributed by atoms with Gasteiger partial charge in [0, 0.05) is 0 Å². The van der Waals surface area contributed by atoms with E-state index in [0.717, 1.165) is 11.1 Å². The minimum absolute atomic E-state index is 0.253. The molecule has 0 spiro atoms. The first kappa shape index (κ1) is 13.8. The highest BCUT2D eigenvalue weighted by molar-refractivity contribution is 5.31. The molecule has 0 saturated carbocycles. The fourth-order valence-corrected chi connectivity index (χ4v) is 2.28. The van der Waals surface area contributed by atoms with Gasteiger partial charge >= 0.3 is 0 Å². The molecule has 2 heteroatoms. The Morgan fingerprint density at radius 2 is 1.84 bits per heavy atom. The highest BCUT2D eigenvalue weighted by atomic mass is 19.1. The van der Waals surface area contributed by atoms with Crippen LogP contribution in [0.5, 0.6) is 0 Å². The lowest BCUT2D eigenvalue weighted by atomic mass is 9.97. The lowest BCUT2D eigenvalue weighted by Gasteiger charge is -2.13. The molecular weight excluding hydrogens is 239 g/mol. The van der Waals surface area contributed by atoms with Gasteiger partial charge in [0.1, 0.15) is 5.82 Å². The molecule has 0 aliphatic heterocycles. The lowest BCUT2D eigenvalue weighted by Crippen LogP contribution is -2.14. The van der Waals surface area contributed by atoms with E-state index in [1.807, 2.05) is 19.9 Å². The molecule has 1 unspecified atom stereocenters. The molecule has 0 amide bonds. The Labute approximate surface area is 113 Å². The molecule has 100 valence electrons. The van der Waals surface area contributed by atoms with Crippen LogP contribution in [0.3, 0.4) is 0 Å². The lowest BCUT2D eigenvalue weighted by molar-refractivity contribution is 0.175. The van der Waals surface area contributed by atoms with Crippen LogP contribution in [0.2, 0.25) is 0 Å². The summed E-state index contributed by atoms with van der Waals surface area (Å²) in [6.07, 6.45) is 0.595. The van der Waals surface area contributed by atoms with Gasteiger partial charge in [-0.3, -0.25) is 0 Å². The van der Waals surface area contributed by atoms with E-state index in [9.17, 15) is 9.50 Å². The van der Waals surface area contributed by atoms with Crippen LogP contribution >= 0.6 is 0 Å². The maximum Gasteiger partial charge on any atom is 0.123 e. The summed E-state index contributed by atoms with van der Waals surface area (Å²) >= 11 is 0. The van der Waals surface area contributed by atoms with Gasteiger partial charge in [0.05, 0.1) is 6.10 Å². The smallest absolute Gasteiger partial charge is 0.123 e. The number of aryl methyl sites for hydroxylation is 2. The summed E-state index contributed by atoms with van der Waals surface area (Å²) < 4.78 is 13.1. The summed E-state index contributed by atoms with van der Waals surface area (Å²) in [4.78, 5) is 0. The van der Waals surface area contributed by atoms with Crippen molar-refractivity contribution >= 4 is 0 Å². The number of hydrogen-bond donors (Lipinski definition) is 1. The number of halogens is 1. The standard InChI is InChI=1S/C17H19FO/c1-12-6-7-13(2)15(8-12)11-17(19)10-14-4-3-5-16(18)9-14/h3-9,17,19H,10-11H2,1-2H3. The van der Waals surface area contributed by atoms with E-state index in [4.69, 9.17) is 0 Å². The van der Waals surface area contributed by atoms with E-state index in [1.54, 1.807) is 6.07 Å². The quantitative estimate of drug-likeness (QED) is 0.888. The fraction of sp³-hybridized carbons (Fsp3) is 0.294. The molecule has 0 aromatic heterocycles. The van der Waals surface area contributed by atoms with Crippen molar-refractivity contribution in [1.29, 1.82) is 0 Å². The van der Waals surface area contributed by atoms with Gasteiger partial charge in [-0.25, -0.2) is 4.39 Å². The third kappa shape index (κ3) is 3.90. The first-order chi connectivity index (χ1) is 9.04. The average molecular weight is 258 g/mol. The largest absolute Gasteiger partial charge is 0.392 e. The van der Waals surface area contributed by atoms with Crippen molar-refractivity contribution < 1.29 is 9.50 Å². The molecule has 19 heavy (non-hydrogen) atoms. The number of hydrogen-bond acceptors (Lipinski definition) is 1. The molecule has 0 bridgehead atoms. The summed E-state index contributed by atoms with van der Waals surface area (Å²) in [6.45, 7) is 4.09. The summed E-state index contributed by atoms with van der Waals surface area (Å²) in [5, 5.41) is 10.1. The van der Waals surface area contributed by atoms with Gasteiger partial charge < -0.3 is 5.11 Å². The first-order valence-corrected chi connectivity index (χ1v) is 6.53. The number of benzene rings is 2. The number of aliphatic hydroxyl groups is 1. The zero-order valence-electron chi connectivity index (χ0n) is 11.4. The van der Waals surface area contributed by atoms with Gasteiger partial charge in [0.2, 0.25) is 0 Å². The van der Waals surface area contributed by atoms with E-state index in [0.29, 0.717) is 12.8 Å². The first-order valence-electron chi connectivity index (χ1n) is 6.53. The minimum atomic E-state index is -0.484. The Kier molecular flexibility index (Phi) is 4.33. The van der Waals surface area contributed by atoms with Crippen molar-refractivity contribution in [2.45, 2.75) is 32.8 Å². The van der Waals surface area contributed by atoms with Crippen molar-refractivity contribution in [3.63, 3.8) is 0 Å². The summed E-state index contributed by atoms with van der Waals surface area (Å²) in [5.74, 6) is -0.253. The molecule has 0 aliphatic rings. The van der Waals surface area contributed by atoms with Crippen LogP contribution in [0, 0.1) is 19.7 Å².